The summed E-state index contributed by atoms with van der Waals surface area (Å²) in [5.41, 5.74) is 0.860. The number of aliphatic hydroxyl groups is 1. The molecule has 31 heavy (non-hydrogen) atoms. The summed E-state index contributed by atoms with van der Waals surface area (Å²) in [7, 11) is -4.24. The molecule has 0 saturated carbocycles. The maximum absolute atomic E-state index is 12.5. The second-order valence-corrected chi connectivity index (χ2v) is 9.25. The Morgan fingerprint density at radius 2 is 1.71 bits per heavy atom. The molecule has 168 valence electrons. The summed E-state index contributed by atoms with van der Waals surface area (Å²) >= 11 is 11.6. The first-order valence-corrected chi connectivity index (χ1v) is 11.4. The molecule has 0 saturated heterocycles. The second kappa shape index (κ2) is 10.9. The molecule has 3 atom stereocenters. The Hall–Kier alpha value is -2.17. The number of rotatable bonds is 9. The van der Waals surface area contributed by atoms with E-state index in [4.69, 9.17) is 27.9 Å². The molecule has 3 unspecified atom stereocenters. The van der Waals surface area contributed by atoms with Crippen LogP contribution in [0.4, 0.5) is 0 Å². The number of carbonyl (C=O) groups excluding carboxylic acids is 2. The largest absolute Gasteiger partial charge is 0.454 e. The maximum Gasteiger partial charge on any atom is 0.327 e. The average Bonchev–Trinajstić information content (AvgIpc) is 2.72. The summed E-state index contributed by atoms with van der Waals surface area (Å²) in [4.78, 5) is 24.2. The van der Waals surface area contributed by atoms with Crippen LogP contribution in [0.15, 0.2) is 53.4 Å². The highest BCUT2D eigenvalue weighted by Gasteiger charge is 2.31. The van der Waals surface area contributed by atoms with Gasteiger partial charge in [0.2, 0.25) is 10.0 Å². The van der Waals surface area contributed by atoms with E-state index >= 15 is 0 Å². The van der Waals surface area contributed by atoms with E-state index in [2.05, 4.69) is 10.0 Å². The molecule has 3 N–H and O–H groups in total. The summed E-state index contributed by atoms with van der Waals surface area (Å²) < 4.78 is 32.1. The van der Waals surface area contributed by atoms with E-state index in [9.17, 15) is 23.1 Å². The molecule has 0 bridgehead atoms. The summed E-state index contributed by atoms with van der Waals surface area (Å²) in [6.07, 6.45) is -1.43. The van der Waals surface area contributed by atoms with Crippen molar-refractivity contribution in [2.24, 2.45) is 0 Å². The second-order valence-electron chi connectivity index (χ2n) is 6.72. The zero-order valence-electron chi connectivity index (χ0n) is 16.7. The van der Waals surface area contributed by atoms with Crippen LogP contribution in [0, 0.1) is 0 Å². The molecule has 0 aliphatic heterocycles. The number of aliphatic hydroxyl groups excluding tert-OH is 1. The Bertz CT molecular complexity index is 1030. The predicted molar refractivity (Wildman–Crippen MR) is 116 cm³/mol. The standard InChI is InChI=1S/C20H22Cl2N2O6S/c1-12(14-6-4-3-5-7-14)23-18(26)11-30-20(27)19(13(2)25)24-31(28,29)15-8-9-16(21)17(22)10-15/h3-10,12-13,19,24-25H,11H2,1-2H3,(H,23,26). The van der Waals surface area contributed by atoms with Gasteiger partial charge in [0.25, 0.3) is 5.91 Å². The predicted octanol–water partition coefficient (Wildman–Crippen LogP) is 2.44. The van der Waals surface area contributed by atoms with Crippen LogP contribution in [0.25, 0.3) is 0 Å². The molecule has 0 spiro atoms. The summed E-state index contributed by atoms with van der Waals surface area (Å²) in [6, 6.07) is 10.8. The minimum absolute atomic E-state index is 0.00456. The van der Waals surface area contributed by atoms with Crippen LogP contribution in [-0.4, -0.2) is 44.2 Å². The molecule has 2 aromatic rings. The molecule has 0 aliphatic rings. The van der Waals surface area contributed by atoms with Crippen LogP contribution < -0.4 is 10.0 Å². The van der Waals surface area contributed by atoms with E-state index in [1.54, 1.807) is 6.92 Å². The van der Waals surface area contributed by atoms with Gasteiger partial charge in [0, 0.05) is 0 Å². The Morgan fingerprint density at radius 1 is 1.06 bits per heavy atom. The number of hydrogen-bond donors (Lipinski definition) is 3. The fourth-order valence-corrected chi connectivity index (χ4v) is 4.20. The van der Waals surface area contributed by atoms with Gasteiger partial charge in [-0.2, -0.15) is 4.72 Å². The first kappa shape index (κ1) is 25.1. The Morgan fingerprint density at radius 3 is 2.29 bits per heavy atom. The van der Waals surface area contributed by atoms with Crippen LogP contribution in [0.2, 0.25) is 10.0 Å². The number of sulfonamides is 1. The van der Waals surface area contributed by atoms with Crippen LogP contribution >= 0.6 is 23.2 Å². The number of hydrogen-bond acceptors (Lipinski definition) is 6. The van der Waals surface area contributed by atoms with Crippen molar-refractivity contribution in [2.45, 2.75) is 36.9 Å². The Kier molecular flexibility index (Phi) is 8.84. The highest BCUT2D eigenvalue weighted by atomic mass is 35.5. The van der Waals surface area contributed by atoms with E-state index in [0.717, 1.165) is 11.6 Å². The van der Waals surface area contributed by atoms with Gasteiger partial charge in [-0.1, -0.05) is 53.5 Å². The van der Waals surface area contributed by atoms with E-state index in [-0.39, 0.29) is 21.0 Å². The first-order valence-electron chi connectivity index (χ1n) is 9.17. The summed E-state index contributed by atoms with van der Waals surface area (Å²) in [6.45, 7) is 2.33. The molecular formula is C20H22Cl2N2O6S. The van der Waals surface area contributed by atoms with Gasteiger partial charge in [-0.3, -0.25) is 9.59 Å². The Labute approximate surface area is 190 Å². The monoisotopic (exact) mass is 488 g/mol. The lowest BCUT2D eigenvalue weighted by Crippen LogP contribution is -2.49. The molecule has 0 aromatic heterocycles. The number of amides is 1. The van der Waals surface area contributed by atoms with Gasteiger partial charge in [0.1, 0.15) is 6.04 Å². The van der Waals surface area contributed by atoms with E-state index in [1.165, 1.54) is 19.1 Å². The van der Waals surface area contributed by atoms with Gasteiger partial charge in [-0.25, -0.2) is 8.42 Å². The normalized spacial score (nSPS) is 14.4. The Balaban J connectivity index is 2.00. The van der Waals surface area contributed by atoms with Crippen molar-refractivity contribution in [1.29, 1.82) is 0 Å². The third-order valence-corrected chi connectivity index (χ3v) is 6.42. The zero-order valence-corrected chi connectivity index (χ0v) is 19.0. The van der Waals surface area contributed by atoms with Gasteiger partial charge < -0.3 is 15.2 Å². The molecule has 2 aromatic carbocycles. The van der Waals surface area contributed by atoms with Crippen LogP contribution in [0.3, 0.4) is 0 Å². The molecular weight excluding hydrogens is 467 g/mol. The highest BCUT2D eigenvalue weighted by molar-refractivity contribution is 7.89. The molecule has 0 aliphatic carbocycles. The van der Waals surface area contributed by atoms with Crippen molar-refractivity contribution in [3.63, 3.8) is 0 Å². The first-order chi connectivity index (χ1) is 14.5. The van der Waals surface area contributed by atoms with Crippen molar-refractivity contribution in [3.8, 4) is 0 Å². The molecule has 1 amide bonds. The van der Waals surface area contributed by atoms with Gasteiger partial charge >= 0.3 is 5.97 Å². The number of nitrogens with one attached hydrogen (secondary N) is 2. The van der Waals surface area contributed by atoms with Crippen molar-refractivity contribution >= 4 is 45.1 Å². The lowest BCUT2D eigenvalue weighted by atomic mass is 10.1. The lowest BCUT2D eigenvalue weighted by Gasteiger charge is -2.20. The minimum Gasteiger partial charge on any atom is -0.454 e. The average molecular weight is 489 g/mol. The van der Waals surface area contributed by atoms with E-state index < -0.39 is 40.7 Å². The third kappa shape index (κ3) is 7.19. The molecule has 2 rings (SSSR count). The molecule has 0 fully saturated rings. The van der Waals surface area contributed by atoms with Crippen LogP contribution in [0.1, 0.15) is 25.5 Å². The SMILES string of the molecule is CC(NC(=O)COC(=O)C(NS(=O)(=O)c1ccc(Cl)c(Cl)c1)C(C)O)c1ccccc1. The number of ether oxygens (including phenoxy) is 1. The zero-order chi connectivity index (χ0) is 23.2. The van der Waals surface area contributed by atoms with Gasteiger partial charge in [0.15, 0.2) is 6.61 Å². The molecule has 0 heterocycles. The van der Waals surface area contributed by atoms with Gasteiger partial charge in [0.05, 0.1) is 27.1 Å². The number of carbonyl (C=O) groups is 2. The number of esters is 1. The van der Waals surface area contributed by atoms with Gasteiger partial charge in [-0.05, 0) is 37.6 Å². The van der Waals surface area contributed by atoms with E-state index in [1.807, 2.05) is 30.3 Å². The fourth-order valence-electron chi connectivity index (χ4n) is 2.56. The fraction of sp³-hybridized carbons (Fsp3) is 0.300. The number of benzene rings is 2. The third-order valence-electron chi connectivity index (χ3n) is 4.24. The number of halogens is 2. The smallest absolute Gasteiger partial charge is 0.327 e. The van der Waals surface area contributed by atoms with Crippen molar-refractivity contribution in [3.05, 3.63) is 64.1 Å². The summed E-state index contributed by atoms with van der Waals surface area (Å²) in [5.74, 6) is -1.69. The topological polar surface area (TPSA) is 122 Å². The quantitative estimate of drug-likeness (QED) is 0.466. The van der Waals surface area contributed by atoms with Crippen LogP contribution in [0.5, 0.6) is 0 Å². The highest BCUT2D eigenvalue weighted by Crippen LogP contribution is 2.25. The maximum atomic E-state index is 12.5. The van der Waals surface area contributed by atoms with Gasteiger partial charge in [-0.15, -0.1) is 0 Å². The van der Waals surface area contributed by atoms with Crippen LogP contribution in [-0.2, 0) is 24.3 Å². The van der Waals surface area contributed by atoms with E-state index in [0.29, 0.717) is 0 Å². The molecule has 8 nitrogen and oxygen atoms in total. The van der Waals surface area contributed by atoms with Crippen molar-refractivity contribution in [2.75, 3.05) is 6.61 Å². The minimum atomic E-state index is -4.24. The molecule has 11 heteroatoms. The summed E-state index contributed by atoms with van der Waals surface area (Å²) in [5, 5.41) is 12.7. The van der Waals surface area contributed by atoms with Crippen molar-refractivity contribution in [1.82, 2.24) is 10.0 Å². The van der Waals surface area contributed by atoms with Crippen molar-refractivity contribution < 1.29 is 27.9 Å². The molecule has 0 radical (unpaired) electrons. The lowest BCUT2D eigenvalue weighted by molar-refractivity contribution is -0.152.